The summed E-state index contributed by atoms with van der Waals surface area (Å²) < 4.78 is 8.07. The molecule has 7 heterocycles. The Kier molecular flexibility index (Phi) is 8.31. The molecule has 10 rings (SSSR count). The molecule has 2 bridgehead atoms. The highest BCUT2D eigenvalue weighted by Crippen LogP contribution is 2.43. The summed E-state index contributed by atoms with van der Waals surface area (Å²) in [6.45, 7) is 1.90. The van der Waals surface area contributed by atoms with Gasteiger partial charge in [0.2, 0.25) is 11.8 Å². The fraction of sp³-hybridized carbons (Fsp3) is 0.357. The average molecular weight is 752 g/mol. The number of amides is 4. The minimum Gasteiger partial charge on any atom is -0.457 e. The van der Waals surface area contributed by atoms with Crippen molar-refractivity contribution in [3.8, 4) is 22.8 Å². The van der Waals surface area contributed by atoms with Gasteiger partial charge in [0.15, 0.2) is 5.65 Å². The number of likely N-dealkylation sites (tertiary alicyclic amines) is 1. The van der Waals surface area contributed by atoms with Gasteiger partial charge in [-0.25, -0.2) is 14.6 Å². The molecule has 0 spiro atoms. The standard InChI is InChI=1S/C42H41N9O5/c43-38-36-37(24-6-11-31(12-7-24)56-30-4-2-1-3-5-30)47-51(39(36)45-23-44-38)25-16-18-48(19-17-25)29-20-26-8-9-27(21-29)49(26)28-10-13-32-33(22-28)42(55)50(41(32)54)34-14-15-35(52)46-40(34)53/h1-7,10-13,22-23,25-27,29,34H,8-9,14-21H2,(H2,43,44,45)(H,46,52,53). The number of anilines is 2. The Morgan fingerprint density at radius 2 is 1.45 bits per heavy atom. The molecule has 56 heavy (non-hydrogen) atoms. The summed E-state index contributed by atoms with van der Waals surface area (Å²) in [5, 5.41) is 8.16. The van der Waals surface area contributed by atoms with Gasteiger partial charge in [-0.1, -0.05) is 18.2 Å². The van der Waals surface area contributed by atoms with E-state index in [1.165, 1.54) is 6.33 Å². The van der Waals surface area contributed by atoms with E-state index in [2.05, 4.69) is 29.8 Å². The number of fused-ring (bicyclic) bond motifs is 4. The van der Waals surface area contributed by atoms with E-state index < -0.39 is 23.8 Å². The molecule has 0 saturated carbocycles. The van der Waals surface area contributed by atoms with Crippen LogP contribution >= 0.6 is 0 Å². The lowest BCUT2D eigenvalue weighted by Gasteiger charge is -2.46. The number of carbonyl (C=O) groups is 4. The summed E-state index contributed by atoms with van der Waals surface area (Å²) >= 11 is 0. The molecule has 4 saturated heterocycles. The Hall–Kier alpha value is -6.15. The number of carbonyl (C=O) groups excluding carboxylic acids is 4. The maximum absolute atomic E-state index is 13.6. The largest absolute Gasteiger partial charge is 0.457 e. The van der Waals surface area contributed by atoms with E-state index in [1.54, 1.807) is 6.07 Å². The van der Waals surface area contributed by atoms with Crippen LogP contribution in [0.1, 0.15) is 78.1 Å². The van der Waals surface area contributed by atoms with Crippen LogP contribution in [0.4, 0.5) is 11.5 Å². The summed E-state index contributed by atoms with van der Waals surface area (Å²) in [6.07, 6.45) is 7.82. The molecule has 0 aliphatic carbocycles. The number of nitrogen functional groups attached to an aromatic ring is 1. The number of nitrogens with two attached hydrogens (primary N) is 1. The fourth-order valence-electron chi connectivity index (χ4n) is 9.74. The van der Waals surface area contributed by atoms with Crippen molar-refractivity contribution in [3.05, 3.63) is 90.3 Å². The van der Waals surface area contributed by atoms with Crippen LogP contribution in [0.2, 0.25) is 0 Å². The highest BCUT2D eigenvalue weighted by atomic mass is 16.5. The molecule has 5 aliphatic heterocycles. The number of hydrogen-bond donors (Lipinski definition) is 2. The molecule has 3 aromatic carbocycles. The second kappa shape index (κ2) is 13.6. The first-order valence-corrected chi connectivity index (χ1v) is 19.5. The number of hydrogen-bond acceptors (Lipinski definition) is 11. The molecule has 4 amide bonds. The van der Waals surface area contributed by atoms with E-state index in [4.69, 9.17) is 15.6 Å². The third-order valence-corrected chi connectivity index (χ3v) is 12.4. The fourth-order valence-corrected chi connectivity index (χ4v) is 9.74. The molecule has 3 atom stereocenters. The van der Waals surface area contributed by atoms with E-state index in [9.17, 15) is 19.2 Å². The number of piperidine rings is 3. The number of aromatic nitrogens is 4. The Labute approximate surface area is 322 Å². The minimum absolute atomic E-state index is 0.0950. The lowest BCUT2D eigenvalue weighted by Crippen LogP contribution is -2.54. The predicted molar refractivity (Wildman–Crippen MR) is 207 cm³/mol. The van der Waals surface area contributed by atoms with Gasteiger partial charge in [0, 0.05) is 48.9 Å². The van der Waals surface area contributed by atoms with E-state index in [0.717, 1.165) is 96.0 Å². The summed E-state index contributed by atoms with van der Waals surface area (Å²) in [4.78, 5) is 66.2. The van der Waals surface area contributed by atoms with Gasteiger partial charge in [0.25, 0.3) is 11.8 Å². The van der Waals surface area contributed by atoms with Crippen LogP contribution in [-0.4, -0.2) is 90.4 Å². The smallest absolute Gasteiger partial charge is 0.262 e. The van der Waals surface area contributed by atoms with Gasteiger partial charge < -0.3 is 20.3 Å². The van der Waals surface area contributed by atoms with E-state index >= 15 is 0 Å². The number of imide groups is 2. The van der Waals surface area contributed by atoms with Crippen LogP contribution in [0.25, 0.3) is 22.3 Å². The van der Waals surface area contributed by atoms with Crippen molar-refractivity contribution >= 4 is 46.2 Å². The van der Waals surface area contributed by atoms with Gasteiger partial charge in [-0.15, -0.1) is 0 Å². The topological polar surface area (TPSA) is 169 Å². The molecule has 5 aliphatic rings. The molecule has 0 radical (unpaired) electrons. The van der Waals surface area contributed by atoms with Gasteiger partial charge in [-0.3, -0.25) is 29.4 Å². The van der Waals surface area contributed by atoms with Crippen LogP contribution in [-0.2, 0) is 9.59 Å². The summed E-state index contributed by atoms with van der Waals surface area (Å²) in [5.74, 6) is -0.0163. The normalized spacial score (nSPS) is 24.2. The van der Waals surface area contributed by atoms with Crippen LogP contribution in [0, 0.1) is 0 Å². The highest BCUT2D eigenvalue weighted by Gasteiger charge is 2.47. The molecule has 14 heteroatoms. The van der Waals surface area contributed by atoms with Crippen molar-refractivity contribution < 1.29 is 23.9 Å². The Balaban J connectivity index is 0.817. The zero-order valence-corrected chi connectivity index (χ0v) is 30.7. The molecule has 3 unspecified atom stereocenters. The van der Waals surface area contributed by atoms with E-state index in [0.29, 0.717) is 35.1 Å². The number of para-hydroxylation sites is 1. The zero-order valence-electron chi connectivity index (χ0n) is 30.7. The number of nitrogens with zero attached hydrogens (tertiary/aromatic N) is 7. The first kappa shape index (κ1) is 34.3. The molecular formula is C42H41N9O5. The van der Waals surface area contributed by atoms with Crippen molar-refractivity contribution in [1.29, 1.82) is 0 Å². The average Bonchev–Trinajstić information content (AvgIpc) is 3.82. The number of benzene rings is 3. The maximum Gasteiger partial charge on any atom is 0.262 e. The third kappa shape index (κ3) is 5.78. The van der Waals surface area contributed by atoms with E-state index in [-0.39, 0.29) is 24.8 Å². The quantitative estimate of drug-likeness (QED) is 0.212. The molecule has 4 fully saturated rings. The van der Waals surface area contributed by atoms with E-state index in [1.807, 2.05) is 66.7 Å². The second-order valence-electron chi connectivity index (χ2n) is 15.6. The first-order valence-electron chi connectivity index (χ1n) is 19.5. The van der Waals surface area contributed by atoms with Gasteiger partial charge in [0.05, 0.1) is 22.6 Å². The van der Waals surface area contributed by atoms with Gasteiger partial charge in [-0.2, -0.15) is 5.10 Å². The highest BCUT2D eigenvalue weighted by molar-refractivity contribution is 6.23. The van der Waals surface area contributed by atoms with Crippen LogP contribution in [0.3, 0.4) is 0 Å². The summed E-state index contributed by atoms with van der Waals surface area (Å²) in [7, 11) is 0. The Bertz CT molecular complexity index is 2380. The lowest BCUT2D eigenvalue weighted by molar-refractivity contribution is -0.136. The summed E-state index contributed by atoms with van der Waals surface area (Å²) in [5.41, 5.74) is 10.5. The second-order valence-corrected chi connectivity index (χ2v) is 15.6. The monoisotopic (exact) mass is 751 g/mol. The van der Waals surface area contributed by atoms with Crippen molar-refractivity contribution in [3.63, 3.8) is 0 Å². The van der Waals surface area contributed by atoms with Crippen molar-refractivity contribution in [1.82, 2.24) is 34.9 Å². The number of ether oxygens (including phenoxy) is 1. The number of rotatable bonds is 7. The Morgan fingerprint density at radius 3 is 2.18 bits per heavy atom. The van der Waals surface area contributed by atoms with Crippen LogP contribution in [0.5, 0.6) is 11.5 Å². The first-order chi connectivity index (χ1) is 27.3. The van der Waals surface area contributed by atoms with Crippen molar-refractivity contribution in [2.24, 2.45) is 0 Å². The number of nitrogens with one attached hydrogen (secondary N) is 1. The Morgan fingerprint density at radius 1 is 0.732 bits per heavy atom. The van der Waals surface area contributed by atoms with Gasteiger partial charge >= 0.3 is 0 Å². The van der Waals surface area contributed by atoms with Crippen LogP contribution in [0.15, 0.2) is 79.1 Å². The summed E-state index contributed by atoms with van der Waals surface area (Å²) in [6, 6.07) is 23.4. The molecule has 14 nitrogen and oxygen atoms in total. The maximum atomic E-state index is 13.6. The van der Waals surface area contributed by atoms with Gasteiger partial charge in [-0.05, 0) is 99.5 Å². The molecule has 2 aromatic heterocycles. The zero-order chi connectivity index (χ0) is 38.1. The minimum atomic E-state index is -0.974. The third-order valence-electron chi connectivity index (χ3n) is 12.4. The molecular weight excluding hydrogens is 711 g/mol. The predicted octanol–water partition coefficient (Wildman–Crippen LogP) is 5.11. The van der Waals surface area contributed by atoms with Crippen molar-refractivity contribution in [2.45, 2.75) is 81.6 Å². The van der Waals surface area contributed by atoms with Gasteiger partial charge in [0.1, 0.15) is 35.4 Å². The molecule has 3 N–H and O–H groups in total. The van der Waals surface area contributed by atoms with Crippen molar-refractivity contribution in [2.75, 3.05) is 23.7 Å². The molecule has 284 valence electrons. The molecule has 5 aromatic rings. The SMILES string of the molecule is Nc1ncnc2c1c(-c1ccc(Oc3ccccc3)cc1)nn2C1CCN(C2CC3CCC(C2)N3c2ccc3c(c2)C(=O)N(C2CCC(=O)NC2=O)C3=O)CC1. The van der Waals surface area contributed by atoms with Crippen LogP contribution < -0.4 is 20.7 Å². The lowest BCUT2D eigenvalue weighted by atomic mass is 9.92.